The maximum atomic E-state index is 13.1. The molecule has 2 aromatic heterocycles. The largest absolute Gasteiger partial charge is 0.417 e. The van der Waals surface area contributed by atoms with Gasteiger partial charge in [0.15, 0.2) is 10.8 Å². The van der Waals surface area contributed by atoms with Gasteiger partial charge < -0.3 is 0 Å². The summed E-state index contributed by atoms with van der Waals surface area (Å²) in [6.45, 7) is 1.89. The van der Waals surface area contributed by atoms with Crippen LogP contribution in [0.5, 0.6) is 0 Å². The van der Waals surface area contributed by atoms with Crippen molar-refractivity contribution in [3.63, 3.8) is 0 Å². The number of carbonyl (C=O) groups excluding carboxylic acids is 1. The second kappa shape index (κ2) is 9.22. The molecule has 1 N–H and O–H groups in total. The van der Waals surface area contributed by atoms with Crippen LogP contribution in [0.4, 0.5) is 24.0 Å². The van der Waals surface area contributed by atoms with Crippen molar-refractivity contribution >= 4 is 61.3 Å². The van der Waals surface area contributed by atoms with Crippen molar-refractivity contribution in [2.24, 2.45) is 0 Å². The third kappa shape index (κ3) is 5.14. The third-order valence-corrected chi connectivity index (χ3v) is 6.76. The number of hydrogen-bond acceptors (Lipinski definition) is 6. The molecular weight excluding hydrogens is 512 g/mol. The maximum absolute atomic E-state index is 13.1. The number of nitrogens with zero attached hydrogens (tertiary/aromatic N) is 3. The van der Waals surface area contributed by atoms with Gasteiger partial charge in [0.2, 0.25) is 0 Å². The fourth-order valence-electron chi connectivity index (χ4n) is 2.62. The Morgan fingerprint density at radius 3 is 2.53 bits per heavy atom. The fraction of sp³-hybridized carbons (Fsp3) is 0.167. The lowest BCUT2D eigenvalue weighted by atomic mass is 10.2. The Labute approximate surface area is 194 Å². The average molecular weight is 525 g/mol. The number of alkyl halides is 3. The quantitative estimate of drug-likeness (QED) is 0.470. The molecule has 0 fully saturated rings. The fourth-order valence-corrected chi connectivity index (χ4v) is 4.79. The number of thiazole rings is 1. The van der Waals surface area contributed by atoms with E-state index < -0.39 is 37.6 Å². The van der Waals surface area contributed by atoms with Gasteiger partial charge in [0.05, 0.1) is 26.2 Å². The van der Waals surface area contributed by atoms with E-state index in [2.05, 4.69) is 14.7 Å². The van der Waals surface area contributed by atoms with Crippen LogP contribution in [0.15, 0.2) is 46.9 Å². The van der Waals surface area contributed by atoms with Crippen molar-refractivity contribution in [3.8, 4) is 0 Å². The molecule has 0 saturated carbocycles. The van der Waals surface area contributed by atoms with Gasteiger partial charge >= 0.3 is 6.18 Å². The summed E-state index contributed by atoms with van der Waals surface area (Å²) in [7, 11) is -4.56. The molecule has 0 spiro atoms. The molecule has 32 heavy (non-hydrogen) atoms. The average Bonchev–Trinajstić information content (AvgIpc) is 3.22. The Balaban J connectivity index is 2.03. The summed E-state index contributed by atoms with van der Waals surface area (Å²) in [6, 6.07) is 3.27. The SMILES string of the molecule is CCN(C(=O)c1ncc(Cl)cc1NS(=O)(=O)c1ccc(Cl)c(C(F)(F)F)c1)c1nccs1. The Morgan fingerprint density at radius 1 is 1.22 bits per heavy atom. The first-order valence-electron chi connectivity index (χ1n) is 8.70. The zero-order chi connectivity index (χ0) is 23.7. The van der Waals surface area contributed by atoms with E-state index in [1.165, 1.54) is 22.4 Å². The van der Waals surface area contributed by atoms with Gasteiger partial charge in [-0.25, -0.2) is 18.4 Å². The van der Waals surface area contributed by atoms with Crippen molar-refractivity contribution in [3.05, 3.63) is 63.3 Å². The molecule has 0 unspecified atom stereocenters. The number of benzene rings is 1. The number of nitrogens with one attached hydrogen (secondary N) is 1. The number of anilines is 2. The molecule has 7 nitrogen and oxygen atoms in total. The van der Waals surface area contributed by atoms with Crippen LogP contribution >= 0.6 is 34.5 Å². The lowest BCUT2D eigenvalue weighted by molar-refractivity contribution is -0.137. The number of carbonyl (C=O) groups is 1. The summed E-state index contributed by atoms with van der Waals surface area (Å²) < 4.78 is 67.2. The lowest BCUT2D eigenvalue weighted by Crippen LogP contribution is -2.32. The van der Waals surface area contributed by atoms with Crippen LogP contribution in [0.3, 0.4) is 0 Å². The zero-order valence-electron chi connectivity index (χ0n) is 16.0. The smallest absolute Gasteiger partial charge is 0.283 e. The van der Waals surface area contributed by atoms with E-state index in [4.69, 9.17) is 23.2 Å². The van der Waals surface area contributed by atoms with Crippen molar-refractivity contribution in [1.29, 1.82) is 0 Å². The van der Waals surface area contributed by atoms with Crippen LogP contribution in [-0.4, -0.2) is 30.8 Å². The van der Waals surface area contributed by atoms with Crippen molar-refractivity contribution in [1.82, 2.24) is 9.97 Å². The predicted octanol–water partition coefficient (Wildman–Crippen LogP) is 5.33. The normalized spacial score (nSPS) is 11.9. The highest BCUT2D eigenvalue weighted by Crippen LogP contribution is 2.36. The Morgan fingerprint density at radius 2 is 1.94 bits per heavy atom. The highest BCUT2D eigenvalue weighted by molar-refractivity contribution is 7.92. The van der Waals surface area contributed by atoms with Crippen molar-refractivity contribution in [2.45, 2.75) is 18.0 Å². The van der Waals surface area contributed by atoms with E-state index in [-0.39, 0.29) is 22.9 Å². The van der Waals surface area contributed by atoms with Gasteiger partial charge in [0.25, 0.3) is 15.9 Å². The van der Waals surface area contributed by atoms with E-state index in [0.717, 1.165) is 24.4 Å². The van der Waals surface area contributed by atoms with Gasteiger partial charge in [0.1, 0.15) is 0 Å². The Kier molecular flexibility index (Phi) is 6.98. The van der Waals surface area contributed by atoms with Crippen LogP contribution in [0.2, 0.25) is 10.0 Å². The van der Waals surface area contributed by atoms with Crippen LogP contribution in [0, 0.1) is 0 Å². The number of pyridine rings is 1. The Bertz CT molecular complexity index is 1250. The summed E-state index contributed by atoms with van der Waals surface area (Å²) in [5.74, 6) is -0.677. The molecule has 0 bridgehead atoms. The summed E-state index contributed by atoms with van der Waals surface area (Å²) in [5, 5.41) is 1.36. The van der Waals surface area contributed by atoms with E-state index in [1.807, 2.05) is 0 Å². The minimum Gasteiger partial charge on any atom is -0.283 e. The van der Waals surface area contributed by atoms with Gasteiger partial charge in [0, 0.05) is 24.3 Å². The topological polar surface area (TPSA) is 92.3 Å². The van der Waals surface area contributed by atoms with E-state index >= 15 is 0 Å². The van der Waals surface area contributed by atoms with E-state index in [9.17, 15) is 26.4 Å². The second-order valence-electron chi connectivity index (χ2n) is 6.16. The first-order valence-corrected chi connectivity index (χ1v) is 11.8. The number of halogens is 5. The summed E-state index contributed by atoms with van der Waals surface area (Å²) in [4.78, 5) is 21.6. The van der Waals surface area contributed by atoms with Gasteiger partial charge in [-0.1, -0.05) is 23.2 Å². The monoisotopic (exact) mass is 524 g/mol. The Hall–Kier alpha value is -2.41. The predicted molar refractivity (Wildman–Crippen MR) is 116 cm³/mol. The van der Waals surface area contributed by atoms with Crippen molar-refractivity contribution in [2.75, 3.05) is 16.2 Å². The molecule has 3 aromatic rings. The molecule has 0 radical (unpaired) electrons. The van der Waals surface area contributed by atoms with Crippen LogP contribution < -0.4 is 9.62 Å². The molecule has 0 aliphatic carbocycles. The van der Waals surface area contributed by atoms with E-state index in [0.29, 0.717) is 11.2 Å². The number of rotatable bonds is 6. The molecule has 0 aliphatic heterocycles. The van der Waals surface area contributed by atoms with E-state index in [1.54, 1.807) is 12.3 Å². The van der Waals surface area contributed by atoms with Crippen LogP contribution in [0.25, 0.3) is 0 Å². The highest BCUT2D eigenvalue weighted by atomic mass is 35.5. The highest BCUT2D eigenvalue weighted by Gasteiger charge is 2.35. The number of hydrogen-bond donors (Lipinski definition) is 1. The van der Waals surface area contributed by atoms with Crippen LogP contribution in [-0.2, 0) is 16.2 Å². The number of sulfonamides is 1. The first-order chi connectivity index (χ1) is 14.9. The maximum Gasteiger partial charge on any atom is 0.417 e. The molecule has 2 heterocycles. The van der Waals surface area contributed by atoms with Crippen molar-refractivity contribution < 1.29 is 26.4 Å². The standard InChI is InChI=1S/C18H13Cl2F3N4O3S2/c1-2-27(17-24-5-6-31-17)16(28)15-14(7-10(19)9-25-15)26-32(29,30)11-3-4-13(20)12(8-11)18(21,22)23/h3-9,26H,2H2,1H3. The summed E-state index contributed by atoms with van der Waals surface area (Å²) in [6.07, 6.45) is -2.23. The van der Waals surface area contributed by atoms with Gasteiger partial charge in [-0.15, -0.1) is 11.3 Å². The molecule has 0 atom stereocenters. The molecule has 14 heteroatoms. The van der Waals surface area contributed by atoms with Crippen LogP contribution in [0.1, 0.15) is 23.0 Å². The molecule has 1 amide bonds. The first kappa shape index (κ1) is 24.2. The minimum atomic E-state index is -4.86. The number of amides is 1. The molecular formula is C18H13Cl2F3N4O3S2. The number of aromatic nitrogens is 2. The van der Waals surface area contributed by atoms with Gasteiger partial charge in [-0.2, -0.15) is 13.2 Å². The second-order valence-corrected chi connectivity index (χ2v) is 9.56. The lowest BCUT2D eigenvalue weighted by Gasteiger charge is -2.19. The molecule has 3 rings (SSSR count). The third-order valence-electron chi connectivity index (χ3n) is 4.07. The molecule has 170 valence electrons. The minimum absolute atomic E-state index is 0.00336. The zero-order valence-corrected chi connectivity index (χ0v) is 19.2. The summed E-state index contributed by atoms with van der Waals surface area (Å²) >= 11 is 12.7. The molecule has 1 aromatic carbocycles. The summed E-state index contributed by atoms with van der Waals surface area (Å²) in [5.41, 5.74) is -1.93. The van der Waals surface area contributed by atoms with Gasteiger partial charge in [-0.05, 0) is 31.2 Å². The molecule has 0 saturated heterocycles. The molecule has 0 aliphatic rings. The van der Waals surface area contributed by atoms with Gasteiger partial charge in [-0.3, -0.25) is 14.4 Å².